The van der Waals surface area contributed by atoms with Gasteiger partial charge in [0.15, 0.2) is 0 Å². The molecule has 2 aromatic rings. The molecular weight excluding hydrogens is 342 g/mol. The number of nitrogens with zero attached hydrogens (tertiary/aromatic N) is 1. The Hall–Kier alpha value is -2.96. The molecule has 2 aromatic carbocycles. The lowest BCUT2D eigenvalue weighted by Gasteiger charge is -2.18. The van der Waals surface area contributed by atoms with Crippen LogP contribution in [0, 0.1) is 13.8 Å². The number of benzene rings is 2. The lowest BCUT2D eigenvalue weighted by atomic mass is 10.1. The summed E-state index contributed by atoms with van der Waals surface area (Å²) in [6.45, 7) is 0.718. The fourth-order valence-corrected chi connectivity index (χ4v) is 2.48. The van der Waals surface area contributed by atoms with E-state index in [1.807, 2.05) is 32.0 Å². The highest BCUT2D eigenvalue weighted by Crippen LogP contribution is 2.19. The Morgan fingerprint density at radius 1 is 1.08 bits per heavy atom. The van der Waals surface area contributed by atoms with Gasteiger partial charge in [-0.25, -0.2) is 0 Å². The molecule has 0 spiro atoms. The zero-order valence-corrected chi connectivity index (χ0v) is 14.8. The van der Waals surface area contributed by atoms with Gasteiger partial charge in [-0.2, -0.15) is 8.78 Å². The maximum atomic E-state index is 12.4. The summed E-state index contributed by atoms with van der Waals surface area (Å²) in [6, 6.07) is 11.0. The van der Waals surface area contributed by atoms with E-state index in [4.69, 9.17) is 0 Å². The molecule has 1 N–H and O–H groups in total. The molecule has 0 aliphatic rings. The van der Waals surface area contributed by atoms with E-state index in [-0.39, 0.29) is 23.8 Å². The highest BCUT2D eigenvalue weighted by Gasteiger charge is 2.16. The number of nitrogens with one attached hydrogen (secondary N) is 1. The Bertz CT molecular complexity index is 772. The van der Waals surface area contributed by atoms with Crippen LogP contribution in [-0.2, 0) is 4.79 Å². The van der Waals surface area contributed by atoms with Gasteiger partial charge in [0.25, 0.3) is 5.91 Å². The van der Waals surface area contributed by atoms with Crippen LogP contribution >= 0.6 is 0 Å². The van der Waals surface area contributed by atoms with Gasteiger partial charge < -0.3 is 15.0 Å². The smallest absolute Gasteiger partial charge is 0.387 e. The van der Waals surface area contributed by atoms with Gasteiger partial charge in [0, 0.05) is 18.3 Å². The maximum Gasteiger partial charge on any atom is 0.387 e. The summed E-state index contributed by atoms with van der Waals surface area (Å²) in [4.78, 5) is 25.8. The first-order valence-electron chi connectivity index (χ1n) is 7.94. The third kappa shape index (κ3) is 5.02. The Morgan fingerprint density at radius 2 is 1.65 bits per heavy atom. The fourth-order valence-electron chi connectivity index (χ4n) is 2.48. The van der Waals surface area contributed by atoms with E-state index in [0.29, 0.717) is 0 Å². The standard InChI is InChI=1S/C19H20F2N2O3/c1-12-5-4-6-13(2)17(12)22-16(24)11-23(3)18(25)14-7-9-15(10-8-14)26-19(20)21/h4-10,19H,11H2,1-3H3,(H,22,24). The topological polar surface area (TPSA) is 58.6 Å². The first-order valence-corrected chi connectivity index (χ1v) is 7.94. The minimum Gasteiger partial charge on any atom is -0.435 e. The Kier molecular flexibility index (Phi) is 6.27. The third-order valence-electron chi connectivity index (χ3n) is 3.80. The van der Waals surface area contributed by atoms with Crippen molar-refractivity contribution in [3.8, 4) is 5.75 Å². The van der Waals surface area contributed by atoms with Crippen molar-refractivity contribution in [1.29, 1.82) is 0 Å². The Balaban J connectivity index is 1.99. The number of ether oxygens (including phenoxy) is 1. The molecule has 0 radical (unpaired) electrons. The second kappa shape index (κ2) is 8.42. The summed E-state index contributed by atoms with van der Waals surface area (Å²) in [6.07, 6.45) is 0. The minimum absolute atomic E-state index is 0.0352. The lowest BCUT2D eigenvalue weighted by molar-refractivity contribution is -0.116. The molecule has 0 heterocycles. The Morgan fingerprint density at radius 3 is 2.19 bits per heavy atom. The predicted octanol–water partition coefficient (Wildman–Crippen LogP) is 3.62. The minimum atomic E-state index is -2.92. The van der Waals surface area contributed by atoms with Crippen LogP contribution in [0.1, 0.15) is 21.5 Å². The zero-order chi connectivity index (χ0) is 19.3. The second-order valence-corrected chi connectivity index (χ2v) is 5.88. The quantitative estimate of drug-likeness (QED) is 0.854. The van der Waals surface area contributed by atoms with E-state index in [2.05, 4.69) is 10.1 Å². The fraction of sp³-hybridized carbons (Fsp3) is 0.263. The number of halogens is 2. The summed E-state index contributed by atoms with van der Waals surface area (Å²) >= 11 is 0. The average molecular weight is 362 g/mol. The van der Waals surface area contributed by atoms with Crippen molar-refractivity contribution in [2.24, 2.45) is 0 Å². The van der Waals surface area contributed by atoms with Crippen LogP contribution in [-0.4, -0.2) is 36.9 Å². The predicted molar refractivity (Wildman–Crippen MR) is 94.6 cm³/mol. The number of hydrogen-bond acceptors (Lipinski definition) is 3. The van der Waals surface area contributed by atoms with E-state index in [1.54, 1.807) is 0 Å². The van der Waals surface area contributed by atoms with E-state index in [9.17, 15) is 18.4 Å². The van der Waals surface area contributed by atoms with Crippen LogP contribution in [0.25, 0.3) is 0 Å². The lowest BCUT2D eigenvalue weighted by Crippen LogP contribution is -2.35. The maximum absolute atomic E-state index is 12.4. The van der Waals surface area contributed by atoms with Gasteiger partial charge in [0.05, 0.1) is 6.54 Å². The molecule has 0 saturated heterocycles. The molecule has 0 saturated carbocycles. The van der Waals surface area contributed by atoms with Crippen LogP contribution in [0.5, 0.6) is 5.75 Å². The van der Waals surface area contributed by atoms with E-state index >= 15 is 0 Å². The van der Waals surface area contributed by atoms with Gasteiger partial charge >= 0.3 is 6.61 Å². The molecule has 5 nitrogen and oxygen atoms in total. The number of aryl methyl sites for hydroxylation is 2. The first-order chi connectivity index (χ1) is 12.3. The average Bonchev–Trinajstić information content (AvgIpc) is 2.58. The molecule has 26 heavy (non-hydrogen) atoms. The van der Waals surface area contributed by atoms with Gasteiger partial charge in [-0.05, 0) is 49.2 Å². The molecule has 0 aliphatic carbocycles. The first kappa shape index (κ1) is 19.4. The zero-order valence-electron chi connectivity index (χ0n) is 14.8. The van der Waals surface area contributed by atoms with Crippen molar-refractivity contribution in [3.63, 3.8) is 0 Å². The molecule has 0 atom stereocenters. The number of amides is 2. The van der Waals surface area contributed by atoms with Gasteiger partial charge in [0.2, 0.25) is 5.91 Å². The molecule has 0 aliphatic heterocycles. The van der Waals surface area contributed by atoms with Crippen LogP contribution in [0.15, 0.2) is 42.5 Å². The van der Waals surface area contributed by atoms with Crippen LogP contribution in [0.2, 0.25) is 0 Å². The normalized spacial score (nSPS) is 10.5. The van der Waals surface area contributed by atoms with Crippen molar-refractivity contribution in [3.05, 3.63) is 59.2 Å². The second-order valence-electron chi connectivity index (χ2n) is 5.88. The summed E-state index contributed by atoms with van der Waals surface area (Å²) in [5.41, 5.74) is 2.87. The highest BCUT2D eigenvalue weighted by atomic mass is 19.3. The van der Waals surface area contributed by atoms with E-state index < -0.39 is 12.5 Å². The van der Waals surface area contributed by atoms with Crippen molar-refractivity contribution in [1.82, 2.24) is 4.90 Å². The molecule has 2 rings (SSSR count). The van der Waals surface area contributed by atoms with Crippen molar-refractivity contribution < 1.29 is 23.1 Å². The number of carbonyl (C=O) groups excluding carboxylic acids is 2. The third-order valence-corrected chi connectivity index (χ3v) is 3.80. The van der Waals surface area contributed by atoms with Crippen molar-refractivity contribution >= 4 is 17.5 Å². The number of likely N-dealkylation sites (N-methyl/N-ethyl adjacent to an activating group) is 1. The number of hydrogen-bond donors (Lipinski definition) is 1. The summed E-state index contributed by atoms with van der Waals surface area (Å²) in [5.74, 6) is -0.756. The number of rotatable bonds is 6. The number of anilines is 1. The summed E-state index contributed by atoms with van der Waals surface area (Å²) in [7, 11) is 1.50. The summed E-state index contributed by atoms with van der Waals surface area (Å²) < 4.78 is 28.5. The molecule has 2 amide bonds. The van der Waals surface area contributed by atoms with Crippen LogP contribution in [0.3, 0.4) is 0 Å². The van der Waals surface area contributed by atoms with Crippen molar-refractivity contribution in [2.75, 3.05) is 18.9 Å². The molecular formula is C19H20F2N2O3. The van der Waals surface area contributed by atoms with Gasteiger partial charge in [-0.1, -0.05) is 18.2 Å². The largest absolute Gasteiger partial charge is 0.435 e. The number of para-hydroxylation sites is 1. The number of alkyl halides is 2. The molecule has 0 bridgehead atoms. The molecule has 0 unspecified atom stereocenters. The monoisotopic (exact) mass is 362 g/mol. The van der Waals surface area contributed by atoms with E-state index in [1.165, 1.54) is 36.2 Å². The molecule has 7 heteroatoms. The Labute approximate surface area is 150 Å². The van der Waals surface area contributed by atoms with Gasteiger partial charge in [0.1, 0.15) is 5.75 Å². The van der Waals surface area contributed by atoms with Gasteiger partial charge in [-0.15, -0.1) is 0 Å². The van der Waals surface area contributed by atoms with Crippen LogP contribution < -0.4 is 10.1 Å². The highest BCUT2D eigenvalue weighted by molar-refractivity contribution is 5.99. The van der Waals surface area contributed by atoms with E-state index in [0.717, 1.165) is 16.8 Å². The molecule has 0 fully saturated rings. The number of carbonyl (C=O) groups is 2. The SMILES string of the molecule is Cc1cccc(C)c1NC(=O)CN(C)C(=O)c1ccc(OC(F)F)cc1. The summed E-state index contributed by atoms with van der Waals surface area (Å²) in [5, 5.41) is 2.81. The van der Waals surface area contributed by atoms with Crippen LogP contribution in [0.4, 0.5) is 14.5 Å². The molecule has 0 aromatic heterocycles. The van der Waals surface area contributed by atoms with Gasteiger partial charge in [-0.3, -0.25) is 9.59 Å². The van der Waals surface area contributed by atoms with Crippen molar-refractivity contribution in [2.45, 2.75) is 20.5 Å². The molecule has 138 valence electrons.